The SMILES string of the molecule is CCOC(N)=O.O=C=NCN=C=O.c1ccc(-c2ccccc2)cc1. The molecular formula is C18H19N3O4. The quantitative estimate of drug-likeness (QED) is 0.680. The highest BCUT2D eigenvalue weighted by molar-refractivity contribution is 5.64. The molecule has 0 aliphatic heterocycles. The van der Waals surface area contributed by atoms with Crippen LogP contribution in [0.1, 0.15) is 6.92 Å². The molecule has 25 heavy (non-hydrogen) atoms. The molecule has 7 nitrogen and oxygen atoms in total. The van der Waals surface area contributed by atoms with Gasteiger partial charge in [0.2, 0.25) is 12.2 Å². The van der Waals surface area contributed by atoms with Gasteiger partial charge in [-0.2, -0.15) is 9.98 Å². The number of hydrogen-bond donors (Lipinski definition) is 1. The molecule has 0 spiro atoms. The normalized spacial score (nSPS) is 8.04. The molecule has 0 saturated heterocycles. The zero-order valence-corrected chi connectivity index (χ0v) is 13.8. The predicted molar refractivity (Wildman–Crippen MR) is 94.2 cm³/mol. The second kappa shape index (κ2) is 15.4. The Kier molecular flexibility index (Phi) is 13.2. The van der Waals surface area contributed by atoms with E-state index in [0.717, 1.165) is 0 Å². The van der Waals surface area contributed by atoms with Crippen LogP contribution in [0.5, 0.6) is 0 Å². The molecule has 0 heterocycles. The molecule has 2 aromatic rings. The van der Waals surface area contributed by atoms with Gasteiger partial charge in [-0.1, -0.05) is 60.7 Å². The summed E-state index contributed by atoms with van der Waals surface area (Å²) >= 11 is 0. The third kappa shape index (κ3) is 12.7. The minimum atomic E-state index is -0.711. The maximum atomic E-state index is 9.60. The fourth-order valence-corrected chi connectivity index (χ4v) is 1.50. The lowest BCUT2D eigenvalue weighted by Crippen LogP contribution is -2.11. The van der Waals surface area contributed by atoms with Crippen molar-refractivity contribution in [3.63, 3.8) is 0 Å². The first-order chi connectivity index (χ1) is 12.2. The molecule has 0 saturated carbocycles. The van der Waals surface area contributed by atoms with Gasteiger partial charge in [-0.3, -0.25) is 0 Å². The van der Waals surface area contributed by atoms with Crippen LogP contribution in [0, 0.1) is 0 Å². The fourth-order valence-electron chi connectivity index (χ4n) is 1.50. The third-order valence-electron chi connectivity index (χ3n) is 2.44. The Bertz CT molecular complexity index is 639. The van der Waals surface area contributed by atoms with E-state index >= 15 is 0 Å². The predicted octanol–water partition coefficient (Wildman–Crippen LogP) is 3.07. The third-order valence-corrected chi connectivity index (χ3v) is 2.44. The van der Waals surface area contributed by atoms with Crippen molar-refractivity contribution in [2.75, 3.05) is 13.3 Å². The highest BCUT2D eigenvalue weighted by Crippen LogP contribution is 2.17. The first kappa shape index (κ1) is 21.5. The summed E-state index contributed by atoms with van der Waals surface area (Å²) in [4.78, 5) is 33.8. The van der Waals surface area contributed by atoms with E-state index in [2.05, 4.69) is 69.0 Å². The van der Waals surface area contributed by atoms with E-state index in [-0.39, 0.29) is 6.67 Å². The van der Waals surface area contributed by atoms with Crippen molar-refractivity contribution >= 4 is 18.3 Å². The summed E-state index contributed by atoms with van der Waals surface area (Å²) in [6.45, 7) is 1.90. The maximum absolute atomic E-state index is 9.60. The van der Waals surface area contributed by atoms with Crippen molar-refractivity contribution in [2.24, 2.45) is 15.7 Å². The van der Waals surface area contributed by atoms with Crippen LogP contribution in [0.25, 0.3) is 11.1 Å². The largest absolute Gasteiger partial charge is 0.450 e. The minimum absolute atomic E-state index is 0.160. The summed E-state index contributed by atoms with van der Waals surface area (Å²) in [5, 5.41) is 0. The molecule has 2 N–H and O–H groups in total. The van der Waals surface area contributed by atoms with Gasteiger partial charge in [0.25, 0.3) is 0 Å². The Hall–Kier alpha value is -3.53. The van der Waals surface area contributed by atoms with Crippen LogP contribution in [0.15, 0.2) is 70.6 Å². The minimum Gasteiger partial charge on any atom is -0.450 e. The first-order valence-electron chi connectivity index (χ1n) is 7.25. The second-order valence-corrected chi connectivity index (χ2v) is 4.12. The summed E-state index contributed by atoms with van der Waals surface area (Å²) < 4.78 is 4.18. The highest BCUT2D eigenvalue weighted by atomic mass is 16.5. The van der Waals surface area contributed by atoms with E-state index in [9.17, 15) is 14.4 Å². The monoisotopic (exact) mass is 341 g/mol. The molecular weight excluding hydrogens is 322 g/mol. The molecule has 7 heteroatoms. The van der Waals surface area contributed by atoms with Crippen molar-refractivity contribution < 1.29 is 19.1 Å². The lowest BCUT2D eigenvalue weighted by molar-refractivity contribution is 0.163. The number of amides is 1. The molecule has 1 amide bonds. The number of rotatable bonds is 4. The Morgan fingerprint density at radius 3 is 1.56 bits per heavy atom. The van der Waals surface area contributed by atoms with Crippen LogP contribution >= 0.6 is 0 Å². The Labute approximate surface area is 145 Å². The molecule has 0 fully saturated rings. The van der Waals surface area contributed by atoms with Crippen LogP contribution in [0.4, 0.5) is 4.79 Å². The summed E-state index contributed by atoms with van der Waals surface area (Å²) in [5.74, 6) is 0. The topological polar surface area (TPSA) is 111 Å². The molecule has 0 atom stereocenters. The van der Waals surface area contributed by atoms with E-state index < -0.39 is 6.09 Å². The molecule has 130 valence electrons. The van der Waals surface area contributed by atoms with Crippen LogP contribution in [-0.2, 0) is 14.3 Å². The van der Waals surface area contributed by atoms with Gasteiger partial charge >= 0.3 is 6.09 Å². The van der Waals surface area contributed by atoms with Gasteiger partial charge in [-0.05, 0) is 18.1 Å². The van der Waals surface area contributed by atoms with Gasteiger partial charge in [0.05, 0.1) is 6.61 Å². The molecule has 0 aromatic heterocycles. The zero-order valence-electron chi connectivity index (χ0n) is 13.8. The maximum Gasteiger partial charge on any atom is 0.404 e. The average Bonchev–Trinajstić information content (AvgIpc) is 2.65. The van der Waals surface area contributed by atoms with E-state index in [1.165, 1.54) is 23.3 Å². The van der Waals surface area contributed by atoms with E-state index in [4.69, 9.17) is 0 Å². The van der Waals surface area contributed by atoms with Gasteiger partial charge in [0, 0.05) is 0 Å². The van der Waals surface area contributed by atoms with Crippen LogP contribution in [0.3, 0.4) is 0 Å². The Morgan fingerprint density at radius 1 is 0.920 bits per heavy atom. The lowest BCUT2D eigenvalue weighted by Gasteiger charge is -1.98. The Morgan fingerprint density at radius 2 is 1.32 bits per heavy atom. The first-order valence-corrected chi connectivity index (χ1v) is 7.25. The Balaban J connectivity index is 0.000000383. The zero-order chi connectivity index (χ0) is 18.8. The lowest BCUT2D eigenvalue weighted by atomic mass is 10.1. The standard InChI is InChI=1S/C12H10.C3H2N2O2.C3H7NO2/c1-3-7-11(8-4-1)12-9-5-2-6-10-12;6-2-4-1-5-3-7;1-2-6-3(4)5/h1-10H;1H2;2H2,1H3,(H2,4,5). The van der Waals surface area contributed by atoms with Gasteiger partial charge in [-0.25, -0.2) is 14.4 Å². The number of benzene rings is 2. The van der Waals surface area contributed by atoms with Crippen molar-refractivity contribution in [1.82, 2.24) is 0 Å². The number of carbonyl (C=O) groups excluding carboxylic acids is 3. The molecule has 0 aliphatic rings. The van der Waals surface area contributed by atoms with E-state index in [1.54, 1.807) is 6.92 Å². The van der Waals surface area contributed by atoms with Crippen molar-refractivity contribution in [3.05, 3.63) is 60.7 Å². The summed E-state index contributed by atoms with van der Waals surface area (Å²) in [5.41, 5.74) is 7.09. The van der Waals surface area contributed by atoms with Crippen molar-refractivity contribution in [1.29, 1.82) is 0 Å². The summed E-state index contributed by atoms with van der Waals surface area (Å²) in [6.07, 6.45) is 1.70. The second-order valence-electron chi connectivity index (χ2n) is 4.12. The van der Waals surface area contributed by atoms with E-state index in [0.29, 0.717) is 6.61 Å². The van der Waals surface area contributed by atoms with Crippen molar-refractivity contribution in [2.45, 2.75) is 6.92 Å². The molecule has 2 rings (SSSR count). The molecule has 0 unspecified atom stereocenters. The van der Waals surface area contributed by atoms with Crippen molar-refractivity contribution in [3.8, 4) is 11.1 Å². The number of isocyanates is 2. The molecule has 0 aliphatic carbocycles. The number of carbonyl (C=O) groups is 1. The summed E-state index contributed by atoms with van der Waals surface area (Å²) in [7, 11) is 0. The number of nitrogens with two attached hydrogens (primary N) is 1. The van der Waals surface area contributed by atoms with Gasteiger partial charge in [0.15, 0.2) is 6.67 Å². The number of aliphatic imine (C=N–C) groups is 2. The molecule has 2 aromatic carbocycles. The van der Waals surface area contributed by atoms with Gasteiger partial charge in [-0.15, -0.1) is 0 Å². The number of nitrogens with zero attached hydrogens (tertiary/aromatic N) is 2. The van der Waals surface area contributed by atoms with Crippen LogP contribution in [-0.4, -0.2) is 31.5 Å². The van der Waals surface area contributed by atoms with Crippen LogP contribution < -0.4 is 5.73 Å². The highest BCUT2D eigenvalue weighted by Gasteiger charge is 1.91. The smallest absolute Gasteiger partial charge is 0.404 e. The molecule has 0 bridgehead atoms. The fraction of sp³-hybridized carbons (Fsp3) is 0.167. The van der Waals surface area contributed by atoms with Gasteiger partial charge < -0.3 is 10.5 Å². The average molecular weight is 341 g/mol. The van der Waals surface area contributed by atoms with Crippen LogP contribution in [0.2, 0.25) is 0 Å². The number of ether oxygens (including phenoxy) is 1. The van der Waals surface area contributed by atoms with Gasteiger partial charge in [0.1, 0.15) is 0 Å². The van der Waals surface area contributed by atoms with E-state index in [1.807, 2.05) is 12.1 Å². The summed E-state index contributed by atoms with van der Waals surface area (Å²) in [6, 6.07) is 20.8. The number of hydrogen-bond acceptors (Lipinski definition) is 6. The number of primary amides is 1. The molecule has 0 radical (unpaired) electrons.